The number of benzene rings is 1. The number of nitrogen functional groups attached to an aromatic ring is 1. The highest BCUT2D eigenvalue weighted by atomic mass is 32.2. The molecule has 0 aliphatic carbocycles. The Labute approximate surface area is 116 Å². The zero-order valence-corrected chi connectivity index (χ0v) is 13.0. The van der Waals surface area contributed by atoms with Crippen LogP contribution in [0.2, 0.25) is 0 Å². The molecule has 0 aliphatic rings. The van der Waals surface area contributed by atoms with Crippen molar-refractivity contribution in [1.82, 2.24) is 4.31 Å². The van der Waals surface area contributed by atoms with Crippen molar-refractivity contribution in [2.24, 2.45) is 5.41 Å². The molecule has 108 valence electrons. The Morgan fingerprint density at radius 2 is 1.89 bits per heavy atom. The highest BCUT2D eigenvalue weighted by molar-refractivity contribution is 7.89. The van der Waals surface area contributed by atoms with E-state index < -0.39 is 10.0 Å². The third kappa shape index (κ3) is 5.61. The summed E-state index contributed by atoms with van der Waals surface area (Å²) in [5.41, 5.74) is 7.27. The summed E-state index contributed by atoms with van der Waals surface area (Å²) < 4.78 is 25.7. The number of nitrogens with zero attached hydrogens (tertiary/aromatic N) is 1. The van der Waals surface area contributed by atoms with Crippen molar-refractivity contribution >= 4 is 15.7 Å². The zero-order chi connectivity index (χ0) is 14.7. The smallest absolute Gasteiger partial charge is 0.214 e. The van der Waals surface area contributed by atoms with Gasteiger partial charge in [-0.05, 0) is 29.5 Å². The summed E-state index contributed by atoms with van der Waals surface area (Å²) in [4.78, 5) is 0. The lowest BCUT2D eigenvalue weighted by atomic mass is 9.94. The topological polar surface area (TPSA) is 63.4 Å². The highest BCUT2D eigenvalue weighted by Gasteiger charge is 2.21. The van der Waals surface area contributed by atoms with E-state index in [-0.39, 0.29) is 11.2 Å². The van der Waals surface area contributed by atoms with E-state index in [9.17, 15) is 8.42 Å². The van der Waals surface area contributed by atoms with E-state index in [1.807, 2.05) is 32.9 Å². The molecule has 1 aromatic rings. The van der Waals surface area contributed by atoms with Crippen LogP contribution in [0.15, 0.2) is 24.3 Å². The van der Waals surface area contributed by atoms with Crippen LogP contribution in [-0.2, 0) is 16.6 Å². The van der Waals surface area contributed by atoms with Crippen LogP contribution >= 0.6 is 0 Å². The molecule has 0 heterocycles. The van der Waals surface area contributed by atoms with Crippen LogP contribution in [0.3, 0.4) is 0 Å². The van der Waals surface area contributed by atoms with Crippen LogP contribution in [0.4, 0.5) is 5.69 Å². The third-order valence-electron chi connectivity index (χ3n) is 2.94. The van der Waals surface area contributed by atoms with Crippen LogP contribution in [0.5, 0.6) is 0 Å². The largest absolute Gasteiger partial charge is 0.399 e. The molecule has 0 atom stereocenters. The van der Waals surface area contributed by atoms with E-state index in [0.717, 1.165) is 5.56 Å². The van der Waals surface area contributed by atoms with Crippen LogP contribution in [-0.4, -0.2) is 25.5 Å². The average Bonchev–Trinajstić information content (AvgIpc) is 2.25. The predicted octanol–water partition coefficient (Wildman–Crippen LogP) is 2.47. The maximum Gasteiger partial charge on any atom is 0.214 e. The van der Waals surface area contributed by atoms with Gasteiger partial charge in [0.1, 0.15) is 0 Å². The minimum Gasteiger partial charge on any atom is -0.399 e. The SMILES string of the molecule is CN(Cc1cccc(N)c1)S(=O)(=O)CCC(C)(C)C. The van der Waals surface area contributed by atoms with E-state index in [1.54, 1.807) is 19.2 Å². The first-order valence-corrected chi connectivity index (χ1v) is 7.99. The van der Waals surface area contributed by atoms with Gasteiger partial charge >= 0.3 is 0 Å². The quantitative estimate of drug-likeness (QED) is 0.845. The standard InChI is InChI=1S/C14H24N2O2S/c1-14(2,3)8-9-19(17,18)16(4)11-12-6-5-7-13(15)10-12/h5-7,10H,8-9,11,15H2,1-4H3. The van der Waals surface area contributed by atoms with Crippen LogP contribution in [0.1, 0.15) is 32.8 Å². The molecule has 0 saturated carbocycles. The molecule has 5 heteroatoms. The summed E-state index contributed by atoms with van der Waals surface area (Å²) in [6, 6.07) is 7.31. The molecular weight excluding hydrogens is 260 g/mol. The Balaban J connectivity index is 2.69. The molecule has 0 aromatic heterocycles. The molecule has 2 N–H and O–H groups in total. The van der Waals surface area contributed by atoms with E-state index in [0.29, 0.717) is 18.7 Å². The van der Waals surface area contributed by atoms with Gasteiger partial charge in [0.05, 0.1) is 5.75 Å². The van der Waals surface area contributed by atoms with Crippen molar-refractivity contribution in [2.45, 2.75) is 33.7 Å². The van der Waals surface area contributed by atoms with Gasteiger partial charge in [-0.1, -0.05) is 32.9 Å². The summed E-state index contributed by atoms with van der Waals surface area (Å²) >= 11 is 0. The van der Waals surface area contributed by atoms with Gasteiger partial charge in [-0.2, -0.15) is 0 Å². The van der Waals surface area contributed by atoms with Crippen LogP contribution in [0, 0.1) is 5.41 Å². The van der Waals surface area contributed by atoms with Crippen molar-refractivity contribution in [3.8, 4) is 0 Å². The van der Waals surface area contributed by atoms with Gasteiger partial charge in [0, 0.05) is 19.3 Å². The van der Waals surface area contributed by atoms with Gasteiger partial charge in [-0.15, -0.1) is 0 Å². The minimum absolute atomic E-state index is 0.0189. The molecule has 0 bridgehead atoms. The van der Waals surface area contributed by atoms with Crippen molar-refractivity contribution in [2.75, 3.05) is 18.5 Å². The molecule has 0 radical (unpaired) electrons. The monoisotopic (exact) mass is 284 g/mol. The Hall–Kier alpha value is -1.07. The average molecular weight is 284 g/mol. The molecule has 0 saturated heterocycles. The molecule has 0 unspecified atom stereocenters. The fourth-order valence-electron chi connectivity index (χ4n) is 1.64. The first kappa shape index (κ1) is 16.0. The zero-order valence-electron chi connectivity index (χ0n) is 12.2. The first-order chi connectivity index (χ1) is 8.60. The molecular formula is C14H24N2O2S. The number of rotatable bonds is 5. The molecule has 0 spiro atoms. The number of nitrogens with two attached hydrogens (primary N) is 1. The molecule has 4 nitrogen and oxygen atoms in total. The maximum absolute atomic E-state index is 12.2. The lowest BCUT2D eigenvalue weighted by molar-refractivity contribution is 0.388. The second kappa shape index (κ2) is 5.92. The summed E-state index contributed by atoms with van der Waals surface area (Å²) in [6.45, 7) is 6.48. The van der Waals surface area contributed by atoms with E-state index in [1.165, 1.54) is 4.31 Å². The van der Waals surface area contributed by atoms with Crippen molar-refractivity contribution in [3.63, 3.8) is 0 Å². The molecule has 0 amide bonds. The molecule has 0 fully saturated rings. The van der Waals surface area contributed by atoms with Gasteiger partial charge in [0.15, 0.2) is 0 Å². The van der Waals surface area contributed by atoms with E-state index in [2.05, 4.69) is 0 Å². The number of sulfonamides is 1. The van der Waals surface area contributed by atoms with Crippen LogP contribution in [0.25, 0.3) is 0 Å². The Morgan fingerprint density at radius 3 is 2.42 bits per heavy atom. The highest BCUT2D eigenvalue weighted by Crippen LogP contribution is 2.20. The lowest BCUT2D eigenvalue weighted by Crippen LogP contribution is -2.30. The Morgan fingerprint density at radius 1 is 1.26 bits per heavy atom. The molecule has 0 aliphatic heterocycles. The van der Waals surface area contributed by atoms with Crippen LogP contribution < -0.4 is 5.73 Å². The number of hydrogen-bond acceptors (Lipinski definition) is 3. The van der Waals surface area contributed by atoms with Crippen molar-refractivity contribution in [3.05, 3.63) is 29.8 Å². The summed E-state index contributed by atoms with van der Waals surface area (Å²) in [7, 11) is -1.60. The summed E-state index contributed by atoms with van der Waals surface area (Å²) in [5, 5.41) is 0. The normalized spacial score (nSPS) is 12.9. The van der Waals surface area contributed by atoms with Gasteiger partial charge in [-0.25, -0.2) is 12.7 Å². The van der Waals surface area contributed by atoms with Gasteiger partial charge in [-0.3, -0.25) is 0 Å². The number of anilines is 1. The fraction of sp³-hybridized carbons (Fsp3) is 0.571. The Kier molecular flexibility index (Phi) is 4.98. The maximum atomic E-state index is 12.2. The van der Waals surface area contributed by atoms with Crippen molar-refractivity contribution in [1.29, 1.82) is 0 Å². The molecule has 19 heavy (non-hydrogen) atoms. The third-order valence-corrected chi connectivity index (χ3v) is 4.74. The molecule has 1 aromatic carbocycles. The fourth-order valence-corrected chi connectivity index (χ4v) is 3.17. The minimum atomic E-state index is -3.21. The van der Waals surface area contributed by atoms with E-state index in [4.69, 9.17) is 5.73 Å². The predicted molar refractivity (Wildman–Crippen MR) is 80.2 cm³/mol. The first-order valence-electron chi connectivity index (χ1n) is 6.39. The summed E-state index contributed by atoms with van der Waals surface area (Å²) in [5.74, 6) is 0.176. The second-order valence-corrected chi connectivity index (χ2v) is 8.32. The summed E-state index contributed by atoms with van der Waals surface area (Å²) in [6.07, 6.45) is 0.649. The van der Waals surface area contributed by atoms with Crippen molar-refractivity contribution < 1.29 is 8.42 Å². The Bertz CT molecular complexity index is 518. The van der Waals surface area contributed by atoms with E-state index >= 15 is 0 Å². The number of hydrogen-bond donors (Lipinski definition) is 1. The lowest BCUT2D eigenvalue weighted by Gasteiger charge is -2.22. The van der Waals surface area contributed by atoms with Gasteiger partial charge in [0.25, 0.3) is 0 Å². The second-order valence-electron chi connectivity index (χ2n) is 6.13. The molecule has 1 rings (SSSR count). The van der Waals surface area contributed by atoms with Gasteiger partial charge in [0.2, 0.25) is 10.0 Å². The van der Waals surface area contributed by atoms with Gasteiger partial charge < -0.3 is 5.73 Å².